The highest BCUT2D eigenvalue weighted by Crippen LogP contribution is 2.16. The van der Waals surface area contributed by atoms with E-state index in [0.29, 0.717) is 16.6 Å². The minimum atomic E-state index is -0.259. The van der Waals surface area contributed by atoms with Gasteiger partial charge in [-0.2, -0.15) is 0 Å². The van der Waals surface area contributed by atoms with E-state index in [9.17, 15) is 4.39 Å². The molecule has 1 aromatic carbocycles. The highest BCUT2D eigenvalue weighted by Gasteiger charge is 2.03. The van der Waals surface area contributed by atoms with Gasteiger partial charge >= 0.3 is 0 Å². The van der Waals surface area contributed by atoms with Crippen LogP contribution in [0.2, 0.25) is 0 Å². The fourth-order valence-corrected chi connectivity index (χ4v) is 1.22. The van der Waals surface area contributed by atoms with E-state index in [-0.39, 0.29) is 5.82 Å². The Hall–Kier alpha value is -1.51. The third-order valence-electron chi connectivity index (χ3n) is 1.80. The van der Waals surface area contributed by atoms with Crippen molar-refractivity contribution in [3.8, 4) is 0 Å². The van der Waals surface area contributed by atoms with Gasteiger partial charge in [-0.1, -0.05) is 19.9 Å². The molecule has 0 radical (unpaired) electrons. The predicted molar refractivity (Wildman–Crippen MR) is 55.6 cm³/mol. The first-order chi connectivity index (χ1) is 6.79. The van der Waals surface area contributed by atoms with Crippen LogP contribution >= 0.6 is 0 Å². The molecule has 0 aliphatic rings. The molecule has 0 unspecified atom stereocenters. The first-order valence-electron chi connectivity index (χ1n) is 4.65. The first kappa shape index (κ1) is 10.6. The lowest BCUT2D eigenvalue weighted by Crippen LogP contribution is -1.89. The summed E-state index contributed by atoms with van der Waals surface area (Å²) >= 11 is 0. The Morgan fingerprint density at radius 2 is 1.86 bits per heavy atom. The maximum absolute atomic E-state index is 13.2. The zero-order chi connectivity index (χ0) is 10.6. The molecule has 1 heterocycles. The Balaban J connectivity index is 0.000000461. The zero-order valence-electron chi connectivity index (χ0n) is 8.58. The van der Waals surface area contributed by atoms with E-state index in [0.717, 1.165) is 0 Å². The monoisotopic (exact) mass is 192 g/mol. The summed E-state index contributed by atoms with van der Waals surface area (Å²) < 4.78 is 13.2. The van der Waals surface area contributed by atoms with Crippen LogP contribution in [0.15, 0.2) is 24.5 Å². The number of halogens is 1. The zero-order valence-corrected chi connectivity index (χ0v) is 8.58. The molecule has 14 heavy (non-hydrogen) atoms. The molecule has 1 aromatic heterocycles. The van der Waals surface area contributed by atoms with Crippen LogP contribution in [0.3, 0.4) is 0 Å². The molecule has 3 heteroatoms. The van der Waals surface area contributed by atoms with E-state index >= 15 is 0 Å². The number of rotatable bonds is 0. The third-order valence-corrected chi connectivity index (χ3v) is 1.80. The minimum Gasteiger partial charge on any atom is -0.241 e. The highest BCUT2D eigenvalue weighted by molar-refractivity contribution is 5.80. The Morgan fingerprint density at radius 1 is 1.14 bits per heavy atom. The second-order valence-corrected chi connectivity index (χ2v) is 2.59. The Kier molecular flexibility index (Phi) is 3.51. The van der Waals surface area contributed by atoms with Crippen LogP contribution in [0.1, 0.15) is 19.5 Å². The van der Waals surface area contributed by atoms with Gasteiger partial charge in [0.15, 0.2) is 0 Å². The molecule has 0 amide bonds. The normalized spacial score (nSPS) is 9.43. The number of benzene rings is 1. The van der Waals surface area contributed by atoms with Crippen LogP contribution in [0.25, 0.3) is 10.9 Å². The lowest BCUT2D eigenvalue weighted by Gasteiger charge is -1.99. The summed E-state index contributed by atoms with van der Waals surface area (Å²) in [6, 6.07) is 4.83. The Morgan fingerprint density at radius 3 is 2.50 bits per heavy atom. The smallest absolute Gasteiger partial charge is 0.134 e. The lowest BCUT2D eigenvalue weighted by molar-refractivity contribution is 0.638. The summed E-state index contributed by atoms with van der Waals surface area (Å²) in [5.41, 5.74) is 1.33. The summed E-state index contributed by atoms with van der Waals surface area (Å²) in [5, 5.41) is 0.514. The molecule has 2 rings (SSSR count). The van der Waals surface area contributed by atoms with Crippen molar-refractivity contribution in [3.63, 3.8) is 0 Å². The van der Waals surface area contributed by atoms with Gasteiger partial charge in [-0.25, -0.2) is 14.4 Å². The molecule has 0 bridgehead atoms. The van der Waals surface area contributed by atoms with Gasteiger partial charge in [0.2, 0.25) is 0 Å². The Bertz CT molecular complexity index is 390. The van der Waals surface area contributed by atoms with E-state index in [4.69, 9.17) is 0 Å². The maximum Gasteiger partial charge on any atom is 0.134 e. The van der Waals surface area contributed by atoms with Gasteiger partial charge < -0.3 is 0 Å². The van der Waals surface area contributed by atoms with Crippen molar-refractivity contribution in [2.24, 2.45) is 0 Å². The van der Waals surface area contributed by atoms with Gasteiger partial charge in [-0.3, -0.25) is 0 Å². The van der Waals surface area contributed by atoms with Crippen molar-refractivity contribution in [1.82, 2.24) is 9.97 Å². The molecule has 0 saturated heterocycles. The quantitative estimate of drug-likeness (QED) is 0.641. The summed E-state index contributed by atoms with van der Waals surface area (Å²) in [6.45, 7) is 5.77. The lowest BCUT2D eigenvalue weighted by atomic mass is 10.2. The molecule has 2 aromatic rings. The van der Waals surface area contributed by atoms with Crippen molar-refractivity contribution in [3.05, 3.63) is 36.0 Å². The summed E-state index contributed by atoms with van der Waals surface area (Å²) in [6.07, 6.45) is 1.44. The van der Waals surface area contributed by atoms with Crippen LogP contribution in [0.5, 0.6) is 0 Å². The topological polar surface area (TPSA) is 25.8 Å². The van der Waals surface area contributed by atoms with Gasteiger partial charge in [0.1, 0.15) is 12.1 Å². The fourth-order valence-electron chi connectivity index (χ4n) is 1.22. The summed E-state index contributed by atoms with van der Waals surface area (Å²) in [7, 11) is 0. The number of aryl methyl sites for hydroxylation is 1. The molecule has 2 nitrogen and oxygen atoms in total. The molecular weight excluding hydrogens is 179 g/mol. The molecule has 0 N–H and O–H groups in total. The van der Waals surface area contributed by atoms with E-state index in [1.165, 1.54) is 12.4 Å². The van der Waals surface area contributed by atoms with Crippen molar-refractivity contribution in [2.45, 2.75) is 20.8 Å². The number of fused-ring (bicyclic) bond motifs is 1. The van der Waals surface area contributed by atoms with Gasteiger partial charge in [0, 0.05) is 0 Å². The molecule has 0 aliphatic carbocycles. The van der Waals surface area contributed by atoms with Gasteiger partial charge in [-0.15, -0.1) is 0 Å². The van der Waals surface area contributed by atoms with Crippen LogP contribution in [-0.4, -0.2) is 9.97 Å². The molecule has 74 valence electrons. The van der Waals surface area contributed by atoms with Gasteiger partial charge in [0.25, 0.3) is 0 Å². The SMILES string of the molecule is CC.Cc1ncnc2cccc(F)c12. The van der Waals surface area contributed by atoms with Gasteiger partial charge in [0.05, 0.1) is 16.6 Å². The van der Waals surface area contributed by atoms with Crippen molar-refractivity contribution in [1.29, 1.82) is 0 Å². The van der Waals surface area contributed by atoms with Crippen molar-refractivity contribution < 1.29 is 4.39 Å². The first-order valence-corrected chi connectivity index (χ1v) is 4.65. The number of hydrogen-bond acceptors (Lipinski definition) is 2. The fraction of sp³-hybridized carbons (Fsp3) is 0.273. The second kappa shape index (κ2) is 4.65. The number of hydrogen-bond donors (Lipinski definition) is 0. The van der Waals surface area contributed by atoms with E-state index in [1.54, 1.807) is 19.1 Å². The van der Waals surface area contributed by atoms with Crippen LogP contribution in [-0.2, 0) is 0 Å². The molecular formula is C11H13FN2. The van der Waals surface area contributed by atoms with Gasteiger partial charge in [-0.05, 0) is 19.1 Å². The molecule has 0 aliphatic heterocycles. The Labute approximate surface area is 82.8 Å². The summed E-state index contributed by atoms with van der Waals surface area (Å²) in [5.74, 6) is -0.259. The average molecular weight is 192 g/mol. The minimum absolute atomic E-state index is 0.259. The molecule has 0 fully saturated rings. The third kappa shape index (κ3) is 1.87. The number of nitrogens with zero attached hydrogens (tertiary/aromatic N) is 2. The van der Waals surface area contributed by atoms with Crippen molar-refractivity contribution in [2.75, 3.05) is 0 Å². The largest absolute Gasteiger partial charge is 0.241 e. The molecule has 0 saturated carbocycles. The van der Waals surface area contributed by atoms with Crippen LogP contribution in [0, 0.1) is 12.7 Å². The van der Waals surface area contributed by atoms with E-state index < -0.39 is 0 Å². The van der Waals surface area contributed by atoms with E-state index in [1.807, 2.05) is 13.8 Å². The van der Waals surface area contributed by atoms with E-state index in [2.05, 4.69) is 9.97 Å². The summed E-state index contributed by atoms with van der Waals surface area (Å²) in [4.78, 5) is 7.87. The highest BCUT2D eigenvalue weighted by atomic mass is 19.1. The van der Waals surface area contributed by atoms with Crippen LogP contribution in [0.4, 0.5) is 4.39 Å². The molecule has 0 atom stereocenters. The van der Waals surface area contributed by atoms with Crippen molar-refractivity contribution >= 4 is 10.9 Å². The number of aromatic nitrogens is 2. The average Bonchev–Trinajstić information content (AvgIpc) is 2.21. The standard InChI is InChI=1S/C9H7FN2.C2H6/c1-6-9-7(10)3-2-4-8(9)12-5-11-6;1-2/h2-5H,1H3;1-2H3. The maximum atomic E-state index is 13.2. The predicted octanol–water partition coefficient (Wildman–Crippen LogP) is 3.10. The second-order valence-electron chi connectivity index (χ2n) is 2.59. The van der Waals surface area contributed by atoms with Crippen LogP contribution < -0.4 is 0 Å². The molecule has 0 spiro atoms.